The first-order valence-corrected chi connectivity index (χ1v) is 15.7. The molecule has 14 heteroatoms. The number of halogens is 4. The molecule has 0 aliphatic carbocycles. The minimum Gasteiger partial charge on any atom is -1.00 e. The van der Waals surface area contributed by atoms with Gasteiger partial charge in [0.25, 0.3) is 12.5 Å². The van der Waals surface area contributed by atoms with Crippen LogP contribution in [-0.4, -0.2) is 58.2 Å². The highest BCUT2D eigenvalue weighted by Gasteiger charge is 2.45. The zero-order valence-corrected chi connectivity index (χ0v) is 29.2. The number of aliphatic hydroxyl groups excluding tert-OH is 1. The van der Waals surface area contributed by atoms with Crippen LogP contribution in [0.4, 0.5) is 14.5 Å². The van der Waals surface area contributed by atoms with E-state index in [1.807, 2.05) is 61.3 Å². The predicted molar refractivity (Wildman–Crippen MR) is 180 cm³/mol. The summed E-state index contributed by atoms with van der Waals surface area (Å²) in [7, 11) is 1.67. The largest absolute Gasteiger partial charge is 1.00 e. The number of nitrogens with one attached hydrogen (secondary N) is 1. The van der Waals surface area contributed by atoms with Gasteiger partial charge in [0.15, 0.2) is 10.8 Å². The number of β-amino-alcohol motifs (C(OH)–C–C–N with tert-alkyl or cyclic N) is 1. The lowest BCUT2D eigenvalue weighted by molar-refractivity contribution is -0.575. The fraction of sp³-hybridized carbons (Fsp3) is 0.294. The third kappa shape index (κ3) is 8.47. The third-order valence-electron chi connectivity index (χ3n) is 7.60. The maximum absolute atomic E-state index is 15.5. The average molecular weight is 718 g/mol. The minimum absolute atomic E-state index is 0. The van der Waals surface area contributed by atoms with Gasteiger partial charge in [-0.05, 0) is 80.4 Å². The number of thiazole rings is 1. The highest BCUT2D eigenvalue weighted by molar-refractivity contribution is 7.10. The van der Waals surface area contributed by atoms with Crippen molar-refractivity contribution in [3.63, 3.8) is 0 Å². The Bertz CT molecular complexity index is 1790. The molecule has 2 N–H and O–H groups in total. The molecular formula is C34H36Cl2F2N6O3S. The molecule has 0 fully saturated rings. The number of hydrogen-bond acceptors (Lipinski definition) is 9. The third-order valence-corrected chi connectivity index (χ3v) is 8.49. The number of aryl methyl sites for hydroxylation is 2. The number of nitrogens with zero attached hydrogens (tertiary/aromatic N) is 5. The van der Waals surface area contributed by atoms with E-state index in [0.717, 1.165) is 28.3 Å². The molecule has 0 saturated carbocycles. The topological polar surface area (TPSA) is 105 Å². The normalized spacial score (nSPS) is 14.5. The minimum atomic E-state index is -0.750. The van der Waals surface area contributed by atoms with Crippen LogP contribution in [0.1, 0.15) is 46.8 Å². The van der Waals surface area contributed by atoms with Gasteiger partial charge in [-0.3, -0.25) is 4.79 Å². The Balaban J connectivity index is 0.00000312. The van der Waals surface area contributed by atoms with Crippen molar-refractivity contribution < 1.29 is 40.4 Å². The van der Waals surface area contributed by atoms with Crippen LogP contribution in [-0.2, 0) is 11.3 Å². The molecule has 4 aromatic rings. The van der Waals surface area contributed by atoms with Gasteiger partial charge in [-0.2, -0.15) is 15.3 Å². The van der Waals surface area contributed by atoms with E-state index < -0.39 is 29.9 Å². The van der Waals surface area contributed by atoms with Crippen LogP contribution in [0.3, 0.4) is 0 Å². The molecule has 0 amide bonds. The number of anilines is 1. The molecule has 1 aromatic heterocycles. The van der Waals surface area contributed by atoms with Crippen molar-refractivity contribution in [3.8, 4) is 23.1 Å². The second-order valence-corrected chi connectivity index (χ2v) is 12.0. The lowest BCUT2D eigenvalue weighted by Gasteiger charge is -2.28. The Morgan fingerprint density at radius 2 is 1.85 bits per heavy atom. The van der Waals surface area contributed by atoms with E-state index >= 15 is 4.39 Å². The fourth-order valence-electron chi connectivity index (χ4n) is 5.41. The predicted octanol–water partition coefficient (Wildman–Crippen LogP) is 2.88. The number of nitriles is 1. The summed E-state index contributed by atoms with van der Waals surface area (Å²) in [5.41, 5.74) is 4.65. The van der Waals surface area contributed by atoms with Gasteiger partial charge in [-0.25, -0.2) is 18.3 Å². The number of aliphatic hydroxyl groups is 1. The molecule has 5 rings (SSSR count). The average Bonchev–Trinajstić information content (AvgIpc) is 3.64. The van der Waals surface area contributed by atoms with E-state index in [9.17, 15) is 19.6 Å². The number of ether oxygens (including phenoxy) is 1. The number of esters is 1. The van der Waals surface area contributed by atoms with Gasteiger partial charge >= 0.3 is 5.97 Å². The Labute approximate surface area is 294 Å². The highest BCUT2D eigenvalue weighted by atomic mass is 35.5. The van der Waals surface area contributed by atoms with Gasteiger partial charge in [0, 0.05) is 17.0 Å². The molecular weight excluding hydrogens is 681 g/mol. The molecule has 0 bridgehead atoms. The molecule has 0 spiro atoms. The number of likely N-dealkylation sites (N-methyl/N-ethyl adjacent to an activating group) is 1. The van der Waals surface area contributed by atoms with Crippen molar-refractivity contribution in [3.05, 3.63) is 98.9 Å². The second kappa shape index (κ2) is 16.8. The maximum Gasteiger partial charge on any atom is 0.325 e. The van der Waals surface area contributed by atoms with Crippen molar-refractivity contribution in [2.75, 3.05) is 25.1 Å². The van der Waals surface area contributed by atoms with E-state index in [2.05, 4.69) is 11.4 Å². The van der Waals surface area contributed by atoms with Crippen molar-refractivity contribution in [2.24, 2.45) is 0 Å². The summed E-state index contributed by atoms with van der Waals surface area (Å²) in [4.78, 5) is 17.1. The van der Waals surface area contributed by atoms with Gasteiger partial charge in [-0.15, -0.1) is 23.7 Å². The quantitative estimate of drug-likeness (QED) is 0.139. The monoisotopic (exact) mass is 716 g/mol. The molecule has 1 aliphatic heterocycles. The summed E-state index contributed by atoms with van der Waals surface area (Å²) in [6, 6.07) is 16.5. The van der Waals surface area contributed by atoms with Crippen molar-refractivity contribution in [1.29, 1.82) is 5.26 Å². The Morgan fingerprint density at radius 1 is 1.17 bits per heavy atom. The van der Waals surface area contributed by atoms with Crippen molar-refractivity contribution in [1.82, 2.24) is 15.3 Å². The summed E-state index contributed by atoms with van der Waals surface area (Å²) in [6.45, 7) is 6.21. The Hall–Kier alpha value is -4.12. The van der Waals surface area contributed by atoms with Gasteiger partial charge in [0.2, 0.25) is 0 Å². The zero-order valence-electron chi connectivity index (χ0n) is 26.8. The molecule has 3 aromatic carbocycles. The molecule has 1 aliphatic rings. The van der Waals surface area contributed by atoms with Gasteiger partial charge in [-0.1, -0.05) is 19.1 Å². The number of hydrazine groups is 1. The van der Waals surface area contributed by atoms with E-state index in [-0.39, 0.29) is 43.6 Å². The van der Waals surface area contributed by atoms with Crippen molar-refractivity contribution in [2.45, 2.75) is 46.0 Å². The molecule has 2 atom stereocenters. The molecule has 254 valence electrons. The van der Waals surface area contributed by atoms with E-state index in [1.165, 1.54) is 23.5 Å². The number of rotatable bonds is 11. The number of carbonyl (C=O) groups is 1. The van der Waals surface area contributed by atoms with Crippen LogP contribution in [0.15, 0.2) is 60.0 Å². The standard InChI is InChI=1S/C34H35F2N6O3S.2ClH/c1-5-27(43)18-41-20-40(17-24-12-21(2)32(22(3)13-24)45-31(44)16-38-4)34(42(41)30-11-10-26(35)14-28(30)36)33-39-29(19-46-33)25-8-6-23(15-37)7-9-25;;/h6-14,19-20,27,34,38,43H,5,16-18H2,1-4H3;2*1H/q+1;;/p-1. The summed E-state index contributed by atoms with van der Waals surface area (Å²) >= 11 is 1.39. The van der Waals surface area contributed by atoms with Crippen LogP contribution < -0.4 is 27.5 Å². The number of hydrogen-bond donors (Lipinski definition) is 2. The fourth-order valence-corrected chi connectivity index (χ4v) is 6.34. The summed E-state index contributed by atoms with van der Waals surface area (Å²) < 4.78 is 37.1. The van der Waals surface area contributed by atoms with Gasteiger partial charge < -0.3 is 27.6 Å². The highest BCUT2D eigenvalue weighted by Crippen LogP contribution is 2.38. The van der Waals surface area contributed by atoms with Crippen LogP contribution in [0.5, 0.6) is 5.75 Å². The number of carbonyl (C=O) groups excluding carboxylic acids is 1. The molecule has 2 heterocycles. The first kappa shape index (κ1) is 38.3. The SMILES string of the molecule is CCC(O)CN1C=[N+](Cc2cc(C)c(OC(=O)CNC)c(C)c2)C(c2nc(-c3ccc(C#N)cc3)cs2)N1c1ccc(F)cc1F.Cl.[Cl-]. The second-order valence-electron chi connectivity index (χ2n) is 11.1. The van der Waals surface area contributed by atoms with Gasteiger partial charge in [0.1, 0.15) is 30.3 Å². The van der Waals surface area contributed by atoms with Crippen LogP contribution in [0, 0.1) is 36.8 Å². The first-order valence-electron chi connectivity index (χ1n) is 14.8. The Kier molecular flexibility index (Phi) is 13.4. The number of benzene rings is 3. The Morgan fingerprint density at radius 3 is 2.46 bits per heavy atom. The summed E-state index contributed by atoms with van der Waals surface area (Å²) in [6.07, 6.45) is 0.918. The van der Waals surface area contributed by atoms with E-state index in [0.29, 0.717) is 35.0 Å². The lowest BCUT2D eigenvalue weighted by Crippen LogP contribution is -3.00. The molecule has 9 nitrogen and oxygen atoms in total. The molecule has 0 radical (unpaired) electrons. The van der Waals surface area contributed by atoms with Crippen LogP contribution in [0.25, 0.3) is 11.3 Å². The molecule has 48 heavy (non-hydrogen) atoms. The number of aromatic nitrogens is 1. The summed E-state index contributed by atoms with van der Waals surface area (Å²) in [5, 5.41) is 28.7. The molecule has 0 saturated heterocycles. The van der Waals surface area contributed by atoms with Crippen LogP contribution in [0.2, 0.25) is 0 Å². The molecule has 2 unspecified atom stereocenters. The maximum atomic E-state index is 15.5. The summed E-state index contributed by atoms with van der Waals surface area (Å²) in [5.74, 6) is -1.34. The van der Waals surface area contributed by atoms with E-state index in [4.69, 9.17) is 9.72 Å². The smallest absolute Gasteiger partial charge is 0.325 e. The van der Waals surface area contributed by atoms with E-state index in [1.54, 1.807) is 29.2 Å². The van der Waals surface area contributed by atoms with Crippen LogP contribution >= 0.6 is 23.7 Å². The first-order chi connectivity index (χ1) is 22.1. The lowest BCUT2D eigenvalue weighted by atomic mass is 10.1. The van der Waals surface area contributed by atoms with Gasteiger partial charge in [0.05, 0.1) is 30.0 Å². The van der Waals surface area contributed by atoms with Crippen molar-refractivity contribution >= 4 is 41.7 Å². The zero-order chi connectivity index (χ0) is 33.0.